The molecule has 0 aliphatic carbocycles. The maximum atomic E-state index is 10.5. The molecule has 1 aromatic carbocycles. The van der Waals surface area contributed by atoms with Crippen molar-refractivity contribution in [1.29, 1.82) is 0 Å². The summed E-state index contributed by atoms with van der Waals surface area (Å²) < 4.78 is 5.03. The normalized spacial score (nSPS) is 11.8. The van der Waals surface area contributed by atoms with Crippen LogP contribution in [0.2, 0.25) is 0 Å². The van der Waals surface area contributed by atoms with E-state index in [1.165, 1.54) is 0 Å². The second-order valence-corrected chi connectivity index (χ2v) is 5.60. The molecule has 0 aliphatic rings. The Kier molecular flexibility index (Phi) is 8.08. The van der Waals surface area contributed by atoms with Crippen LogP contribution in [0, 0.1) is 0 Å². The zero-order chi connectivity index (χ0) is 16.5. The quantitative estimate of drug-likeness (QED) is 0.643. The van der Waals surface area contributed by atoms with Gasteiger partial charge in [-0.25, -0.2) is 4.79 Å². The van der Waals surface area contributed by atoms with Crippen molar-refractivity contribution in [2.75, 3.05) is 34.3 Å². The standard InChI is InChI=1S/C9H10O2.C6H13NO3/c1-7(9(10)11)8-5-3-2-4-6-8;1-7(2,3)4-5-10-6(8)9/h2-7H,1H3,(H,10,11);4-5H2,1-3H3/p+1. The predicted octanol–water partition coefficient (Wildman–Crippen LogP) is 2.26. The summed E-state index contributed by atoms with van der Waals surface area (Å²) in [7, 11) is 5.93. The van der Waals surface area contributed by atoms with Gasteiger partial charge in [0.05, 0.1) is 27.1 Å². The Morgan fingerprint density at radius 3 is 2.05 bits per heavy atom. The van der Waals surface area contributed by atoms with Gasteiger partial charge < -0.3 is 19.4 Å². The highest BCUT2D eigenvalue weighted by molar-refractivity contribution is 5.75. The number of ether oxygens (including phenoxy) is 1. The Hall–Kier alpha value is -2.08. The Morgan fingerprint density at radius 1 is 1.14 bits per heavy atom. The van der Waals surface area contributed by atoms with Crippen molar-refractivity contribution in [2.24, 2.45) is 0 Å². The van der Waals surface area contributed by atoms with Gasteiger partial charge in [0, 0.05) is 0 Å². The van der Waals surface area contributed by atoms with E-state index in [-0.39, 0.29) is 6.61 Å². The molecule has 0 heterocycles. The summed E-state index contributed by atoms with van der Waals surface area (Å²) in [5.74, 6) is -1.19. The molecule has 21 heavy (non-hydrogen) atoms. The molecule has 2 N–H and O–H groups in total. The van der Waals surface area contributed by atoms with Crippen LogP contribution in [0.15, 0.2) is 30.3 Å². The van der Waals surface area contributed by atoms with Gasteiger partial charge in [-0.1, -0.05) is 30.3 Å². The van der Waals surface area contributed by atoms with Crippen molar-refractivity contribution in [2.45, 2.75) is 12.8 Å². The topological polar surface area (TPSA) is 83.8 Å². The molecule has 0 saturated heterocycles. The molecule has 0 aromatic heterocycles. The van der Waals surface area contributed by atoms with Crippen LogP contribution in [0.1, 0.15) is 18.4 Å². The van der Waals surface area contributed by atoms with Crippen molar-refractivity contribution in [3.8, 4) is 0 Å². The van der Waals surface area contributed by atoms with E-state index in [4.69, 9.17) is 10.2 Å². The zero-order valence-corrected chi connectivity index (χ0v) is 12.9. The molecule has 1 rings (SSSR count). The first-order valence-electron chi connectivity index (χ1n) is 6.57. The molecular formula is C15H24NO5+. The lowest BCUT2D eigenvalue weighted by Gasteiger charge is -2.22. The van der Waals surface area contributed by atoms with Gasteiger partial charge in [-0.3, -0.25) is 4.79 Å². The van der Waals surface area contributed by atoms with E-state index in [2.05, 4.69) is 4.74 Å². The number of hydrogen-bond acceptors (Lipinski definition) is 3. The SMILES string of the molecule is CC(C(=O)O)c1ccccc1.C[N+](C)(C)CCOC(=O)O. The number of nitrogens with zero attached hydrogens (tertiary/aromatic N) is 1. The van der Waals surface area contributed by atoms with Crippen LogP contribution in [0.25, 0.3) is 0 Å². The largest absolute Gasteiger partial charge is 0.505 e. The lowest BCUT2D eigenvalue weighted by Crippen LogP contribution is -2.37. The smallest absolute Gasteiger partial charge is 0.481 e. The average molecular weight is 298 g/mol. The van der Waals surface area contributed by atoms with Gasteiger partial charge in [0.25, 0.3) is 0 Å². The van der Waals surface area contributed by atoms with Crippen LogP contribution >= 0.6 is 0 Å². The molecule has 0 radical (unpaired) electrons. The van der Waals surface area contributed by atoms with E-state index in [1.54, 1.807) is 6.92 Å². The lowest BCUT2D eigenvalue weighted by atomic mass is 10.0. The van der Waals surface area contributed by atoms with Crippen LogP contribution in [-0.4, -0.2) is 61.1 Å². The number of likely N-dealkylation sites (N-methyl/N-ethyl adjacent to an activating group) is 1. The fourth-order valence-corrected chi connectivity index (χ4v) is 1.29. The fourth-order valence-electron chi connectivity index (χ4n) is 1.29. The Balaban J connectivity index is 0.000000384. The number of quaternary nitrogens is 1. The third-order valence-corrected chi connectivity index (χ3v) is 2.66. The van der Waals surface area contributed by atoms with E-state index in [0.717, 1.165) is 5.56 Å². The van der Waals surface area contributed by atoms with Gasteiger partial charge >= 0.3 is 12.1 Å². The van der Waals surface area contributed by atoms with Gasteiger partial charge in [0.1, 0.15) is 13.2 Å². The molecule has 0 spiro atoms. The third-order valence-electron chi connectivity index (χ3n) is 2.66. The fraction of sp³-hybridized carbons (Fsp3) is 0.467. The second kappa shape index (κ2) is 8.97. The molecule has 1 unspecified atom stereocenters. The molecule has 1 atom stereocenters. The minimum absolute atomic E-state index is 0.263. The van der Waals surface area contributed by atoms with Crippen molar-refractivity contribution in [3.63, 3.8) is 0 Å². The molecule has 1 aromatic rings. The molecule has 118 valence electrons. The second-order valence-electron chi connectivity index (χ2n) is 5.60. The molecule has 0 bridgehead atoms. The summed E-state index contributed by atoms with van der Waals surface area (Å²) in [4.78, 5) is 20.4. The zero-order valence-electron chi connectivity index (χ0n) is 12.9. The number of carboxylic acids is 1. The van der Waals surface area contributed by atoms with Gasteiger partial charge in [-0.05, 0) is 12.5 Å². The Morgan fingerprint density at radius 2 is 1.67 bits per heavy atom. The van der Waals surface area contributed by atoms with Crippen LogP contribution in [-0.2, 0) is 9.53 Å². The minimum Gasteiger partial charge on any atom is -0.481 e. The maximum Gasteiger partial charge on any atom is 0.505 e. The van der Waals surface area contributed by atoms with E-state index in [9.17, 15) is 9.59 Å². The van der Waals surface area contributed by atoms with Gasteiger partial charge in [0.2, 0.25) is 0 Å². The molecule has 6 heteroatoms. The predicted molar refractivity (Wildman–Crippen MR) is 79.4 cm³/mol. The lowest BCUT2D eigenvalue weighted by molar-refractivity contribution is -0.870. The first-order chi connectivity index (χ1) is 9.63. The van der Waals surface area contributed by atoms with Crippen LogP contribution in [0.4, 0.5) is 4.79 Å². The summed E-state index contributed by atoms with van der Waals surface area (Å²) >= 11 is 0. The first kappa shape index (κ1) is 18.9. The molecule has 6 nitrogen and oxygen atoms in total. The molecule has 0 fully saturated rings. The summed E-state index contributed by atoms with van der Waals surface area (Å²) in [6.07, 6.45) is -1.20. The maximum absolute atomic E-state index is 10.5. The van der Waals surface area contributed by atoms with Gasteiger partial charge in [-0.15, -0.1) is 0 Å². The van der Waals surface area contributed by atoms with E-state index >= 15 is 0 Å². The van der Waals surface area contributed by atoms with Crippen molar-refractivity contribution < 1.29 is 29.0 Å². The number of aliphatic carboxylic acids is 1. The number of hydrogen-bond donors (Lipinski definition) is 2. The van der Waals surface area contributed by atoms with Crippen molar-refractivity contribution >= 4 is 12.1 Å². The molecule has 0 saturated carbocycles. The summed E-state index contributed by atoms with van der Waals surface area (Å²) in [5.41, 5.74) is 0.847. The molecule has 0 amide bonds. The van der Waals surface area contributed by atoms with Crippen LogP contribution in [0.5, 0.6) is 0 Å². The first-order valence-corrected chi connectivity index (χ1v) is 6.57. The highest BCUT2D eigenvalue weighted by Gasteiger charge is 2.11. The average Bonchev–Trinajstić information content (AvgIpc) is 2.37. The highest BCUT2D eigenvalue weighted by Crippen LogP contribution is 2.13. The number of carbonyl (C=O) groups is 2. The summed E-state index contributed by atoms with van der Waals surface area (Å²) in [5, 5.41) is 16.7. The Bertz CT molecular complexity index is 439. The monoisotopic (exact) mass is 298 g/mol. The summed E-state index contributed by atoms with van der Waals surface area (Å²) in [6.45, 7) is 2.64. The molecular weight excluding hydrogens is 274 g/mol. The van der Waals surface area contributed by atoms with Crippen molar-refractivity contribution in [3.05, 3.63) is 35.9 Å². The van der Waals surface area contributed by atoms with Crippen LogP contribution in [0.3, 0.4) is 0 Å². The highest BCUT2D eigenvalue weighted by atomic mass is 16.7. The van der Waals surface area contributed by atoms with Gasteiger partial charge in [-0.2, -0.15) is 0 Å². The number of benzene rings is 1. The minimum atomic E-state index is -1.20. The van der Waals surface area contributed by atoms with E-state index < -0.39 is 18.0 Å². The van der Waals surface area contributed by atoms with E-state index in [0.29, 0.717) is 11.0 Å². The Labute approximate surface area is 125 Å². The third kappa shape index (κ3) is 10.4. The summed E-state index contributed by atoms with van der Waals surface area (Å²) in [6, 6.07) is 9.19. The van der Waals surface area contributed by atoms with Crippen molar-refractivity contribution in [1.82, 2.24) is 0 Å². The van der Waals surface area contributed by atoms with Gasteiger partial charge in [0.15, 0.2) is 0 Å². The number of rotatable bonds is 5. The number of carboxylic acid groups (broad SMARTS) is 2. The molecule has 0 aliphatic heterocycles. The van der Waals surface area contributed by atoms with Crippen LogP contribution < -0.4 is 0 Å². The van der Waals surface area contributed by atoms with E-state index in [1.807, 2.05) is 51.5 Å².